The highest BCUT2D eigenvalue weighted by Crippen LogP contribution is 2.36. The maximum atomic E-state index is 11.7. The first kappa shape index (κ1) is 12.1. The van der Waals surface area contributed by atoms with E-state index >= 15 is 0 Å². The van der Waals surface area contributed by atoms with E-state index in [1.54, 1.807) is 6.08 Å². The Morgan fingerprint density at radius 1 is 1.47 bits per heavy atom. The summed E-state index contributed by atoms with van der Waals surface area (Å²) in [6.07, 6.45) is 3.90. The second kappa shape index (κ2) is 3.85. The maximum Gasteiger partial charge on any atom is 0.157 e. The normalized spacial score (nSPS) is 32.2. The summed E-state index contributed by atoms with van der Waals surface area (Å²) in [6, 6.07) is 2.17. The van der Waals surface area contributed by atoms with Gasteiger partial charge in [0.2, 0.25) is 0 Å². The van der Waals surface area contributed by atoms with Crippen molar-refractivity contribution in [3.8, 4) is 6.07 Å². The highest BCUT2D eigenvalue weighted by atomic mass is 16.1. The monoisotopic (exact) mass is 233 g/mol. The van der Waals surface area contributed by atoms with E-state index in [0.717, 1.165) is 18.7 Å². The fourth-order valence-corrected chi connectivity index (χ4v) is 2.69. The summed E-state index contributed by atoms with van der Waals surface area (Å²) < 4.78 is 0. The molecule has 0 saturated carbocycles. The maximum absolute atomic E-state index is 11.7. The minimum atomic E-state index is -0.745. The number of ketones is 1. The Kier molecular flexibility index (Phi) is 2.75. The lowest BCUT2D eigenvalue weighted by Crippen LogP contribution is -2.41. The van der Waals surface area contributed by atoms with Crippen molar-refractivity contribution in [3.63, 3.8) is 0 Å². The number of nitriles is 1. The average Bonchev–Trinajstić information content (AvgIpc) is 2.59. The number of hydrogen-bond acceptors (Lipinski definition) is 4. The van der Waals surface area contributed by atoms with Crippen molar-refractivity contribution in [2.75, 3.05) is 13.1 Å². The van der Waals surface area contributed by atoms with Crippen LogP contribution in [0.15, 0.2) is 11.8 Å². The fourth-order valence-electron chi connectivity index (χ4n) is 2.69. The van der Waals surface area contributed by atoms with Crippen molar-refractivity contribution in [2.45, 2.75) is 38.6 Å². The van der Waals surface area contributed by atoms with Gasteiger partial charge in [-0.25, -0.2) is 0 Å². The van der Waals surface area contributed by atoms with Gasteiger partial charge < -0.3 is 10.6 Å². The zero-order valence-corrected chi connectivity index (χ0v) is 10.5. The molecule has 1 aliphatic heterocycles. The van der Waals surface area contributed by atoms with Gasteiger partial charge in [0.15, 0.2) is 5.78 Å². The molecule has 1 unspecified atom stereocenters. The molecule has 0 aromatic heterocycles. The molecule has 1 saturated heterocycles. The number of nitrogens with zero attached hydrogens (tertiary/aromatic N) is 2. The summed E-state index contributed by atoms with van der Waals surface area (Å²) in [4.78, 5) is 13.8. The number of nitrogens with two attached hydrogens (primary N) is 1. The molecule has 0 aromatic rings. The Labute approximate surface area is 102 Å². The molecule has 4 heteroatoms. The van der Waals surface area contributed by atoms with Crippen LogP contribution in [0.1, 0.15) is 33.1 Å². The molecule has 2 rings (SSSR count). The van der Waals surface area contributed by atoms with E-state index in [1.165, 1.54) is 0 Å². The zero-order valence-electron chi connectivity index (χ0n) is 10.5. The van der Waals surface area contributed by atoms with Crippen LogP contribution in [-0.4, -0.2) is 29.3 Å². The highest BCUT2D eigenvalue weighted by molar-refractivity contribution is 5.91. The van der Waals surface area contributed by atoms with Crippen molar-refractivity contribution >= 4 is 5.78 Å². The van der Waals surface area contributed by atoms with Gasteiger partial charge in [0.05, 0.1) is 6.07 Å². The minimum Gasteiger partial charge on any atom is -0.372 e. The van der Waals surface area contributed by atoms with E-state index in [-0.39, 0.29) is 11.2 Å². The molecule has 1 atom stereocenters. The lowest BCUT2D eigenvalue weighted by Gasteiger charge is -2.33. The first-order valence-corrected chi connectivity index (χ1v) is 6.02. The van der Waals surface area contributed by atoms with Crippen molar-refractivity contribution in [2.24, 2.45) is 11.1 Å². The number of rotatable bonds is 1. The molecule has 1 heterocycles. The van der Waals surface area contributed by atoms with Gasteiger partial charge in [0.1, 0.15) is 5.54 Å². The lowest BCUT2D eigenvalue weighted by molar-refractivity contribution is -0.117. The molecule has 0 bridgehead atoms. The Morgan fingerprint density at radius 3 is 2.71 bits per heavy atom. The van der Waals surface area contributed by atoms with Crippen molar-refractivity contribution in [3.05, 3.63) is 11.8 Å². The summed E-state index contributed by atoms with van der Waals surface area (Å²) in [5, 5.41) is 9.01. The van der Waals surface area contributed by atoms with E-state index in [1.807, 2.05) is 0 Å². The van der Waals surface area contributed by atoms with Crippen LogP contribution in [0.3, 0.4) is 0 Å². The summed E-state index contributed by atoms with van der Waals surface area (Å²) in [5.41, 5.74) is 6.27. The molecule has 4 nitrogen and oxygen atoms in total. The van der Waals surface area contributed by atoms with Gasteiger partial charge >= 0.3 is 0 Å². The van der Waals surface area contributed by atoms with Crippen molar-refractivity contribution in [1.82, 2.24) is 4.90 Å². The van der Waals surface area contributed by atoms with Gasteiger partial charge in [-0.3, -0.25) is 4.79 Å². The molecule has 0 radical (unpaired) electrons. The van der Waals surface area contributed by atoms with Gasteiger partial charge in [-0.2, -0.15) is 5.26 Å². The van der Waals surface area contributed by atoms with E-state index in [0.29, 0.717) is 19.4 Å². The third-order valence-corrected chi connectivity index (χ3v) is 3.57. The number of carbonyl (C=O) groups is 1. The Hall–Kier alpha value is -1.34. The van der Waals surface area contributed by atoms with E-state index in [9.17, 15) is 4.79 Å². The second-order valence-electron chi connectivity index (χ2n) is 6.06. The quantitative estimate of drug-likeness (QED) is 0.738. The molecule has 2 N–H and O–H groups in total. The summed E-state index contributed by atoms with van der Waals surface area (Å²) in [7, 11) is 0. The summed E-state index contributed by atoms with van der Waals surface area (Å²) in [6.45, 7) is 5.53. The predicted molar refractivity (Wildman–Crippen MR) is 64.8 cm³/mol. The summed E-state index contributed by atoms with van der Waals surface area (Å²) in [5.74, 6) is 0.183. The van der Waals surface area contributed by atoms with Crippen LogP contribution in [0.5, 0.6) is 0 Å². The van der Waals surface area contributed by atoms with Crippen LogP contribution in [0.2, 0.25) is 0 Å². The molecule has 0 aromatic carbocycles. The van der Waals surface area contributed by atoms with Gasteiger partial charge in [0.25, 0.3) is 0 Å². The number of carbonyl (C=O) groups excluding carboxylic acids is 1. The molecule has 0 spiro atoms. The number of allylic oxidation sites excluding steroid dienone is 2. The third kappa shape index (κ3) is 2.50. The predicted octanol–water partition coefficient (Wildman–Crippen LogP) is 1.19. The first-order valence-electron chi connectivity index (χ1n) is 6.02. The largest absolute Gasteiger partial charge is 0.372 e. The van der Waals surface area contributed by atoms with Crippen LogP contribution in [-0.2, 0) is 4.79 Å². The van der Waals surface area contributed by atoms with Crippen LogP contribution < -0.4 is 5.73 Å². The third-order valence-electron chi connectivity index (χ3n) is 3.57. The van der Waals surface area contributed by atoms with Crippen LogP contribution in [0.25, 0.3) is 0 Å². The van der Waals surface area contributed by atoms with Gasteiger partial charge in [0, 0.05) is 31.3 Å². The molecule has 1 aliphatic carbocycles. The van der Waals surface area contributed by atoms with Crippen LogP contribution >= 0.6 is 0 Å². The number of hydrogen-bond donors (Lipinski definition) is 1. The Balaban J connectivity index is 2.15. The molecule has 0 amide bonds. The molecule has 17 heavy (non-hydrogen) atoms. The fraction of sp³-hybridized carbons (Fsp3) is 0.692. The SMILES string of the molecule is CC1(C)CC(=O)C=C(N2CCC(N)(C#N)C2)C1. The van der Waals surface area contributed by atoms with Crippen molar-refractivity contribution in [1.29, 1.82) is 5.26 Å². The minimum absolute atomic E-state index is 0.0215. The first-order chi connectivity index (χ1) is 7.84. The smallest absolute Gasteiger partial charge is 0.157 e. The van der Waals surface area contributed by atoms with Crippen LogP contribution in [0, 0.1) is 16.7 Å². The molecular weight excluding hydrogens is 214 g/mol. The van der Waals surface area contributed by atoms with E-state index in [4.69, 9.17) is 11.0 Å². The van der Waals surface area contributed by atoms with Crippen LogP contribution in [0.4, 0.5) is 0 Å². The van der Waals surface area contributed by atoms with Gasteiger partial charge in [-0.15, -0.1) is 0 Å². The summed E-state index contributed by atoms with van der Waals surface area (Å²) >= 11 is 0. The topological polar surface area (TPSA) is 70.1 Å². The van der Waals surface area contributed by atoms with Gasteiger partial charge in [-0.05, 0) is 18.3 Å². The van der Waals surface area contributed by atoms with E-state index < -0.39 is 5.54 Å². The Morgan fingerprint density at radius 2 is 2.18 bits per heavy atom. The molecule has 92 valence electrons. The number of likely N-dealkylation sites (tertiary alicyclic amines) is 1. The average molecular weight is 233 g/mol. The molecular formula is C13H19N3O. The zero-order chi connectivity index (χ0) is 12.7. The second-order valence-corrected chi connectivity index (χ2v) is 6.06. The van der Waals surface area contributed by atoms with Gasteiger partial charge in [-0.1, -0.05) is 13.8 Å². The van der Waals surface area contributed by atoms with Crippen molar-refractivity contribution < 1.29 is 4.79 Å². The highest BCUT2D eigenvalue weighted by Gasteiger charge is 2.38. The standard InChI is InChI=1S/C13H19N3O/c1-12(2)6-10(5-11(17)7-12)16-4-3-13(15,8-14)9-16/h5H,3-4,6-7,9,15H2,1-2H3. The molecule has 1 fully saturated rings. The van der Waals surface area contributed by atoms with E-state index in [2.05, 4.69) is 24.8 Å². The molecule has 2 aliphatic rings. The Bertz CT molecular complexity index is 419. The lowest BCUT2D eigenvalue weighted by atomic mass is 9.78.